The van der Waals surface area contributed by atoms with Crippen LogP contribution in [0.3, 0.4) is 0 Å². The van der Waals surface area contributed by atoms with Crippen LogP contribution in [0.25, 0.3) is 0 Å². The number of imide groups is 1. The zero-order valence-electron chi connectivity index (χ0n) is 14.3. The van der Waals surface area contributed by atoms with Crippen molar-refractivity contribution in [2.45, 2.75) is 39.3 Å². The van der Waals surface area contributed by atoms with Gasteiger partial charge in [-0.15, -0.1) is 0 Å². The molecule has 0 aliphatic heterocycles. The lowest BCUT2D eigenvalue weighted by Crippen LogP contribution is -2.50. The van der Waals surface area contributed by atoms with Crippen molar-refractivity contribution in [3.63, 3.8) is 0 Å². The second-order valence-electron chi connectivity index (χ2n) is 6.19. The first-order chi connectivity index (χ1) is 11.5. The normalized spacial score (nSPS) is 12.1. The van der Waals surface area contributed by atoms with Crippen LogP contribution in [-0.2, 0) is 14.3 Å². The average molecular weight is 375 g/mol. The molecule has 0 spiro atoms. The van der Waals surface area contributed by atoms with Gasteiger partial charge in [-0.1, -0.05) is 11.6 Å². The van der Waals surface area contributed by atoms with E-state index in [0.717, 1.165) is 12.1 Å². The lowest BCUT2D eigenvalue weighted by molar-refractivity contribution is -0.156. The van der Waals surface area contributed by atoms with Gasteiger partial charge in [0, 0.05) is 5.54 Å². The maximum absolute atomic E-state index is 12.9. The van der Waals surface area contributed by atoms with Crippen molar-refractivity contribution >= 4 is 29.5 Å². The first kappa shape index (κ1) is 20.7. The highest BCUT2D eigenvalue weighted by Gasteiger charge is 2.22. The van der Waals surface area contributed by atoms with Crippen molar-refractivity contribution in [2.24, 2.45) is 0 Å². The molecule has 1 atom stereocenters. The lowest BCUT2D eigenvalue weighted by atomic mass is 10.1. The van der Waals surface area contributed by atoms with E-state index in [2.05, 4.69) is 10.6 Å². The van der Waals surface area contributed by atoms with Gasteiger partial charge in [0.2, 0.25) is 0 Å². The van der Waals surface area contributed by atoms with Crippen molar-refractivity contribution < 1.29 is 28.2 Å². The van der Waals surface area contributed by atoms with Crippen molar-refractivity contribution in [3.8, 4) is 5.75 Å². The molecule has 0 heterocycles. The number of carbonyl (C=O) groups is 3. The van der Waals surface area contributed by atoms with Crippen molar-refractivity contribution in [2.75, 3.05) is 6.61 Å². The van der Waals surface area contributed by atoms with Gasteiger partial charge in [0.05, 0.1) is 5.02 Å². The molecule has 0 unspecified atom stereocenters. The third kappa shape index (κ3) is 7.84. The number of ether oxygens (including phenoxy) is 2. The molecular formula is C16H20ClFN2O5. The number of hydrogen-bond donors (Lipinski definition) is 2. The molecule has 0 saturated carbocycles. The number of urea groups is 1. The van der Waals surface area contributed by atoms with Crippen LogP contribution in [0.5, 0.6) is 5.75 Å². The van der Waals surface area contributed by atoms with Gasteiger partial charge in [-0.3, -0.25) is 10.1 Å². The Bertz CT molecular complexity index is 660. The summed E-state index contributed by atoms with van der Waals surface area (Å²) in [6.45, 7) is 6.02. The van der Waals surface area contributed by atoms with Gasteiger partial charge in [-0.2, -0.15) is 0 Å². The Kier molecular flexibility index (Phi) is 7.17. The van der Waals surface area contributed by atoms with E-state index in [1.807, 2.05) is 0 Å². The van der Waals surface area contributed by atoms with Crippen LogP contribution in [0, 0.1) is 5.82 Å². The highest BCUT2D eigenvalue weighted by Crippen LogP contribution is 2.24. The van der Waals surface area contributed by atoms with Crippen LogP contribution in [0.4, 0.5) is 9.18 Å². The zero-order valence-corrected chi connectivity index (χ0v) is 15.1. The van der Waals surface area contributed by atoms with Crippen molar-refractivity contribution in [1.82, 2.24) is 10.6 Å². The second-order valence-corrected chi connectivity index (χ2v) is 6.60. The number of carbonyl (C=O) groups excluding carboxylic acids is 3. The summed E-state index contributed by atoms with van der Waals surface area (Å²) in [5.41, 5.74) is -0.521. The minimum Gasteiger partial charge on any atom is -0.480 e. The molecule has 138 valence electrons. The summed E-state index contributed by atoms with van der Waals surface area (Å²) < 4.78 is 22.9. The number of amides is 3. The van der Waals surface area contributed by atoms with Crippen molar-refractivity contribution in [1.29, 1.82) is 0 Å². The predicted molar refractivity (Wildman–Crippen MR) is 88.9 cm³/mol. The van der Waals surface area contributed by atoms with Gasteiger partial charge in [-0.25, -0.2) is 14.0 Å². The fourth-order valence-corrected chi connectivity index (χ4v) is 1.82. The molecule has 25 heavy (non-hydrogen) atoms. The van der Waals surface area contributed by atoms with Crippen LogP contribution in [0.1, 0.15) is 27.7 Å². The average Bonchev–Trinajstić information content (AvgIpc) is 2.44. The Morgan fingerprint density at radius 1 is 1.28 bits per heavy atom. The van der Waals surface area contributed by atoms with E-state index in [-0.39, 0.29) is 10.8 Å². The molecule has 1 aromatic carbocycles. The monoisotopic (exact) mass is 374 g/mol. The first-order valence-corrected chi connectivity index (χ1v) is 7.76. The molecule has 1 aromatic rings. The largest absolute Gasteiger partial charge is 0.480 e. The molecule has 0 saturated heterocycles. The number of benzene rings is 1. The minimum absolute atomic E-state index is 0.00237. The number of halogens is 2. The summed E-state index contributed by atoms with van der Waals surface area (Å²) in [7, 11) is 0. The molecule has 0 radical (unpaired) electrons. The summed E-state index contributed by atoms with van der Waals surface area (Å²) >= 11 is 5.75. The number of rotatable bonds is 5. The van der Waals surface area contributed by atoms with E-state index in [4.69, 9.17) is 21.1 Å². The third-order valence-corrected chi connectivity index (χ3v) is 2.94. The van der Waals surface area contributed by atoms with Gasteiger partial charge >= 0.3 is 12.0 Å². The van der Waals surface area contributed by atoms with Crippen LogP contribution in [0.15, 0.2) is 18.2 Å². The molecule has 0 aromatic heterocycles. The molecule has 0 aliphatic carbocycles. The molecule has 3 amide bonds. The molecule has 0 fully saturated rings. The fraction of sp³-hybridized carbons (Fsp3) is 0.438. The Hall–Kier alpha value is -2.35. The SMILES string of the molecule is C[C@H](OC(=O)COc1ccc(F)cc1Cl)C(=O)NC(=O)NC(C)(C)C. The lowest BCUT2D eigenvalue weighted by Gasteiger charge is -2.21. The van der Waals surface area contributed by atoms with Gasteiger partial charge in [0.1, 0.15) is 11.6 Å². The summed E-state index contributed by atoms with van der Waals surface area (Å²) in [5, 5.41) is 4.59. The number of esters is 1. The summed E-state index contributed by atoms with van der Waals surface area (Å²) in [5.74, 6) is -2.07. The standard InChI is InChI=1S/C16H20ClFN2O5/c1-9(14(22)19-15(23)20-16(2,3)4)25-13(21)8-24-12-6-5-10(18)7-11(12)17/h5-7,9H,8H2,1-4H3,(H2,19,20,22,23)/t9-/m0/s1. The van der Waals surface area contributed by atoms with Gasteiger partial charge in [-0.05, 0) is 45.9 Å². The topological polar surface area (TPSA) is 93.7 Å². The maximum atomic E-state index is 12.9. The molecule has 7 nitrogen and oxygen atoms in total. The van der Waals surface area contributed by atoms with E-state index in [0.29, 0.717) is 0 Å². The van der Waals surface area contributed by atoms with E-state index in [1.54, 1.807) is 20.8 Å². The fourth-order valence-electron chi connectivity index (χ4n) is 1.60. The van der Waals surface area contributed by atoms with Gasteiger partial charge in [0.25, 0.3) is 5.91 Å². The van der Waals surface area contributed by atoms with Crippen molar-refractivity contribution in [3.05, 3.63) is 29.0 Å². The Labute approximate surface area is 149 Å². The van der Waals surface area contributed by atoms with E-state index >= 15 is 0 Å². The highest BCUT2D eigenvalue weighted by atomic mass is 35.5. The van der Waals surface area contributed by atoms with E-state index < -0.39 is 42.0 Å². The predicted octanol–water partition coefficient (Wildman–Crippen LogP) is 2.41. The molecular weight excluding hydrogens is 355 g/mol. The molecule has 0 bridgehead atoms. The first-order valence-electron chi connectivity index (χ1n) is 7.38. The van der Waals surface area contributed by atoms with Gasteiger partial charge in [0.15, 0.2) is 12.7 Å². The Morgan fingerprint density at radius 3 is 2.48 bits per heavy atom. The Balaban J connectivity index is 2.45. The highest BCUT2D eigenvalue weighted by molar-refractivity contribution is 6.32. The van der Waals surface area contributed by atoms with Crippen LogP contribution >= 0.6 is 11.6 Å². The molecule has 1 rings (SSSR count). The summed E-state index contributed by atoms with van der Waals surface area (Å²) in [6.07, 6.45) is -1.20. The molecule has 9 heteroatoms. The third-order valence-electron chi connectivity index (χ3n) is 2.64. The second kappa shape index (κ2) is 8.66. The quantitative estimate of drug-likeness (QED) is 0.772. The van der Waals surface area contributed by atoms with Crippen LogP contribution in [0.2, 0.25) is 5.02 Å². The number of nitrogens with one attached hydrogen (secondary N) is 2. The number of hydrogen-bond acceptors (Lipinski definition) is 5. The van der Waals surface area contributed by atoms with E-state index in [9.17, 15) is 18.8 Å². The summed E-state index contributed by atoms with van der Waals surface area (Å²) in [6, 6.07) is 2.72. The molecule has 0 aliphatic rings. The zero-order chi connectivity index (χ0) is 19.2. The molecule has 2 N–H and O–H groups in total. The smallest absolute Gasteiger partial charge is 0.344 e. The van der Waals surface area contributed by atoms with Gasteiger partial charge < -0.3 is 14.8 Å². The minimum atomic E-state index is -1.20. The Morgan fingerprint density at radius 2 is 1.92 bits per heavy atom. The van der Waals surface area contributed by atoms with E-state index in [1.165, 1.54) is 13.0 Å². The van der Waals surface area contributed by atoms with Crippen LogP contribution < -0.4 is 15.4 Å². The summed E-state index contributed by atoms with van der Waals surface area (Å²) in [4.78, 5) is 35.0. The maximum Gasteiger partial charge on any atom is 0.344 e. The van der Waals surface area contributed by atoms with Crippen LogP contribution in [-0.4, -0.2) is 36.2 Å².